The van der Waals surface area contributed by atoms with Gasteiger partial charge < -0.3 is 10.6 Å². The topological polar surface area (TPSA) is 55.0 Å². The molecule has 0 bridgehead atoms. The summed E-state index contributed by atoms with van der Waals surface area (Å²) in [6.45, 7) is 0. The zero-order valence-electron chi connectivity index (χ0n) is 8.07. The predicted octanol–water partition coefficient (Wildman–Crippen LogP) is 1.81. The molecule has 1 saturated carbocycles. The fraction of sp³-hybridized carbons (Fsp3) is 0.556. The number of halogens is 1. The van der Waals surface area contributed by atoms with Gasteiger partial charge in [0, 0.05) is 13.1 Å². The van der Waals surface area contributed by atoms with Gasteiger partial charge in [-0.25, -0.2) is 9.97 Å². The van der Waals surface area contributed by atoms with Crippen LogP contribution in [0.25, 0.3) is 0 Å². The number of aromatic nitrogens is 2. The zero-order chi connectivity index (χ0) is 10.1. The molecule has 1 fully saturated rings. The maximum atomic E-state index is 5.69. The van der Waals surface area contributed by atoms with E-state index in [0.717, 1.165) is 10.3 Å². The lowest BCUT2D eigenvalue weighted by Gasteiger charge is -2.35. The Balaban J connectivity index is 2.26. The van der Waals surface area contributed by atoms with Gasteiger partial charge in [-0.05, 0) is 35.2 Å². The first-order valence-electron chi connectivity index (χ1n) is 4.69. The third-order valence-corrected chi connectivity index (χ3v) is 3.52. The second kappa shape index (κ2) is 3.73. The van der Waals surface area contributed by atoms with Crippen LogP contribution in [0.15, 0.2) is 10.8 Å². The SMILES string of the molecule is CN(c1ncnc(N)c1Br)C1CCC1. The van der Waals surface area contributed by atoms with Crippen molar-refractivity contribution in [2.75, 3.05) is 17.7 Å². The van der Waals surface area contributed by atoms with Gasteiger partial charge in [0.25, 0.3) is 0 Å². The van der Waals surface area contributed by atoms with E-state index in [1.807, 2.05) is 0 Å². The second-order valence-electron chi connectivity index (χ2n) is 3.59. The highest BCUT2D eigenvalue weighted by Crippen LogP contribution is 2.32. The van der Waals surface area contributed by atoms with E-state index in [1.54, 1.807) is 0 Å². The molecule has 1 aromatic heterocycles. The van der Waals surface area contributed by atoms with E-state index in [-0.39, 0.29) is 0 Å². The van der Waals surface area contributed by atoms with Crippen LogP contribution in [0.3, 0.4) is 0 Å². The van der Waals surface area contributed by atoms with Gasteiger partial charge in [0.1, 0.15) is 22.4 Å². The van der Waals surface area contributed by atoms with E-state index in [0.29, 0.717) is 11.9 Å². The number of nitrogen functional groups attached to an aromatic ring is 1. The molecule has 0 atom stereocenters. The summed E-state index contributed by atoms with van der Waals surface area (Å²) in [5.74, 6) is 1.39. The zero-order valence-corrected chi connectivity index (χ0v) is 9.66. The van der Waals surface area contributed by atoms with Gasteiger partial charge in [0.05, 0.1) is 0 Å². The molecule has 1 aromatic rings. The second-order valence-corrected chi connectivity index (χ2v) is 4.39. The molecule has 0 unspecified atom stereocenters. The number of hydrogen-bond acceptors (Lipinski definition) is 4. The Morgan fingerprint density at radius 2 is 2.21 bits per heavy atom. The minimum Gasteiger partial charge on any atom is -0.383 e. The Labute approximate surface area is 91.7 Å². The Bertz CT molecular complexity index is 338. The third-order valence-electron chi connectivity index (χ3n) is 2.75. The fourth-order valence-electron chi connectivity index (χ4n) is 1.57. The Kier molecular flexibility index (Phi) is 2.58. The molecule has 0 spiro atoms. The third kappa shape index (κ3) is 1.56. The summed E-state index contributed by atoms with van der Waals surface area (Å²) in [4.78, 5) is 10.3. The first-order valence-corrected chi connectivity index (χ1v) is 5.48. The number of rotatable bonds is 2. The van der Waals surface area contributed by atoms with Gasteiger partial charge in [-0.15, -0.1) is 0 Å². The van der Waals surface area contributed by atoms with Crippen molar-refractivity contribution >= 4 is 27.6 Å². The first kappa shape index (κ1) is 9.71. The fourth-order valence-corrected chi connectivity index (χ4v) is 2.05. The Morgan fingerprint density at radius 3 is 2.79 bits per heavy atom. The van der Waals surface area contributed by atoms with Crippen LogP contribution in [0.1, 0.15) is 19.3 Å². The highest BCUT2D eigenvalue weighted by Gasteiger charge is 2.24. The van der Waals surface area contributed by atoms with Crippen LogP contribution < -0.4 is 10.6 Å². The van der Waals surface area contributed by atoms with E-state index in [9.17, 15) is 0 Å². The first-order chi connectivity index (χ1) is 6.70. The molecular weight excluding hydrogens is 244 g/mol. The van der Waals surface area contributed by atoms with Crippen molar-refractivity contribution in [2.45, 2.75) is 25.3 Å². The van der Waals surface area contributed by atoms with Crippen LogP contribution in [0.5, 0.6) is 0 Å². The Hall–Kier alpha value is -0.840. The van der Waals surface area contributed by atoms with Crippen molar-refractivity contribution < 1.29 is 0 Å². The van der Waals surface area contributed by atoms with Crippen molar-refractivity contribution in [3.05, 3.63) is 10.8 Å². The van der Waals surface area contributed by atoms with Gasteiger partial charge >= 0.3 is 0 Å². The standard InChI is InChI=1S/C9H13BrN4/c1-14(6-3-2-4-6)9-7(10)8(11)12-5-13-9/h5-6H,2-4H2,1H3,(H2,11,12,13). The van der Waals surface area contributed by atoms with E-state index in [2.05, 4.69) is 37.8 Å². The lowest BCUT2D eigenvalue weighted by atomic mass is 9.92. The van der Waals surface area contributed by atoms with Crippen molar-refractivity contribution in [2.24, 2.45) is 0 Å². The largest absolute Gasteiger partial charge is 0.383 e. The molecule has 5 heteroatoms. The summed E-state index contributed by atoms with van der Waals surface area (Å²) in [5, 5.41) is 0. The van der Waals surface area contributed by atoms with E-state index < -0.39 is 0 Å². The number of nitrogens with zero attached hydrogens (tertiary/aromatic N) is 3. The van der Waals surface area contributed by atoms with Crippen molar-refractivity contribution in [3.63, 3.8) is 0 Å². The van der Waals surface area contributed by atoms with Crippen LogP contribution in [0.2, 0.25) is 0 Å². The molecule has 0 aliphatic heterocycles. The summed E-state index contributed by atoms with van der Waals surface area (Å²) >= 11 is 3.41. The molecule has 76 valence electrons. The Morgan fingerprint density at radius 1 is 1.50 bits per heavy atom. The highest BCUT2D eigenvalue weighted by atomic mass is 79.9. The van der Waals surface area contributed by atoms with Gasteiger partial charge in [0.15, 0.2) is 0 Å². The normalized spacial score (nSPS) is 16.4. The summed E-state index contributed by atoms with van der Waals surface area (Å²) in [7, 11) is 2.05. The molecule has 14 heavy (non-hydrogen) atoms. The van der Waals surface area contributed by atoms with E-state index in [4.69, 9.17) is 5.73 Å². The van der Waals surface area contributed by atoms with Gasteiger partial charge in [-0.3, -0.25) is 0 Å². The monoisotopic (exact) mass is 256 g/mol. The molecule has 2 N–H and O–H groups in total. The molecule has 1 heterocycles. The summed E-state index contributed by atoms with van der Waals surface area (Å²) in [6, 6.07) is 0.612. The number of hydrogen-bond donors (Lipinski definition) is 1. The number of anilines is 2. The van der Waals surface area contributed by atoms with Crippen molar-refractivity contribution in [3.8, 4) is 0 Å². The van der Waals surface area contributed by atoms with Crippen molar-refractivity contribution in [1.82, 2.24) is 9.97 Å². The van der Waals surface area contributed by atoms with Crippen LogP contribution in [0, 0.1) is 0 Å². The van der Waals surface area contributed by atoms with Gasteiger partial charge in [-0.2, -0.15) is 0 Å². The molecule has 0 radical (unpaired) electrons. The van der Waals surface area contributed by atoms with Crippen LogP contribution >= 0.6 is 15.9 Å². The van der Waals surface area contributed by atoms with Crippen LogP contribution in [-0.2, 0) is 0 Å². The molecule has 0 aromatic carbocycles. The summed E-state index contributed by atoms with van der Waals surface area (Å²) in [5.41, 5.74) is 5.69. The number of nitrogens with two attached hydrogens (primary N) is 1. The molecule has 1 aliphatic rings. The summed E-state index contributed by atoms with van der Waals surface area (Å²) in [6.07, 6.45) is 5.30. The average Bonchev–Trinajstić information content (AvgIpc) is 2.06. The van der Waals surface area contributed by atoms with E-state index in [1.165, 1.54) is 25.6 Å². The average molecular weight is 257 g/mol. The maximum absolute atomic E-state index is 5.69. The lowest BCUT2D eigenvalue weighted by molar-refractivity contribution is 0.399. The molecule has 0 amide bonds. The minimum atomic E-state index is 0.501. The van der Waals surface area contributed by atoms with Gasteiger partial charge in [-0.1, -0.05) is 0 Å². The quantitative estimate of drug-likeness (QED) is 0.877. The molecule has 1 aliphatic carbocycles. The lowest BCUT2D eigenvalue weighted by Crippen LogP contribution is -2.37. The maximum Gasteiger partial charge on any atom is 0.148 e. The molecular formula is C9H13BrN4. The summed E-state index contributed by atoms with van der Waals surface area (Å²) < 4.78 is 0.800. The smallest absolute Gasteiger partial charge is 0.148 e. The predicted molar refractivity (Wildman–Crippen MR) is 60.2 cm³/mol. The van der Waals surface area contributed by atoms with Crippen molar-refractivity contribution in [1.29, 1.82) is 0 Å². The van der Waals surface area contributed by atoms with Crippen LogP contribution in [-0.4, -0.2) is 23.1 Å². The highest BCUT2D eigenvalue weighted by molar-refractivity contribution is 9.10. The van der Waals surface area contributed by atoms with E-state index >= 15 is 0 Å². The van der Waals surface area contributed by atoms with Gasteiger partial charge in [0.2, 0.25) is 0 Å². The van der Waals surface area contributed by atoms with Crippen LogP contribution in [0.4, 0.5) is 11.6 Å². The molecule has 2 rings (SSSR count). The molecule has 0 saturated heterocycles. The molecule has 4 nitrogen and oxygen atoms in total. The minimum absolute atomic E-state index is 0.501.